The summed E-state index contributed by atoms with van der Waals surface area (Å²) in [5.41, 5.74) is 1.02. The molecule has 2 unspecified atom stereocenters. The minimum Gasteiger partial charge on any atom is -0.378 e. The lowest BCUT2D eigenvalue weighted by molar-refractivity contribution is -0.136. The summed E-state index contributed by atoms with van der Waals surface area (Å²) in [6.07, 6.45) is 2.56. The second-order valence-corrected chi connectivity index (χ2v) is 8.54. The zero-order chi connectivity index (χ0) is 19.6. The van der Waals surface area contributed by atoms with Gasteiger partial charge in [0.1, 0.15) is 0 Å². The van der Waals surface area contributed by atoms with Gasteiger partial charge in [-0.15, -0.1) is 24.0 Å². The Morgan fingerprint density at radius 1 is 1.28 bits per heavy atom. The van der Waals surface area contributed by atoms with Crippen LogP contribution >= 0.6 is 35.7 Å². The largest absolute Gasteiger partial charge is 0.378 e. The summed E-state index contributed by atoms with van der Waals surface area (Å²) in [5, 5.41) is 7.43. The van der Waals surface area contributed by atoms with Crippen molar-refractivity contribution in [1.82, 2.24) is 15.5 Å². The third-order valence-electron chi connectivity index (χ3n) is 5.12. The number of amides is 1. The normalized spacial score (nSPS) is 20.7. The van der Waals surface area contributed by atoms with Gasteiger partial charge in [-0.05, 0) is 31.1 Å². The predicted octanol–water partition coefficient (Wildman–Crippen LogP) is 2.70. The average molecular weight is 532 g/mol. The molecule has 2 atom stereocenters. The summed E-state index contributed by atoms with van der Waals surface area (Å²) >= 11 is 2.03. The van der Waals surface area contributed by atoms with Gasteiger partial charge in [-0.3, -0.25) is 9.79 Å². The molecule has 1 aromatic carbocycles. The lowest BCUT2D eigenvalue weighted by Gasteiger charge is -2.30. The molecule has 2 aliphatic rings. The molecule has 0 aliphatic carbocycles. The molecule has 2 heterocycles. The van der Waals surface area contributed by atoms with Crippen molar-refractivity contribution in [1.29, 1.82) is 0 Å². The second-order valence-electron chi connectivity index (χ2n) is 7.14. The standard InChI is InChI=1S/C21H32N4O2S.HI/c1-2-22-21(23-15-18-9-6-14-28-18)24-16-19(17-7-4-3-5-8-17)20(26)25-10-12-27-13-11-25;/h3-5,7-8,18-19H,2,6,9-16H2,1H3,(H2,22,23,24);1H. The van der Waals surface area contributed by atoms with Gasteiger partial charge in [-0.1, -0.05) is 30.3 Å². The molecule has 3 rings (SSSR count). The molecule has 2 N–H and O–H groups in total. The molecule has 2 aliphatic heterocycles. The van der Waals surface area contributed by atoms with E-state index in [1.807, 2.05) is 47.0 Å². The van der Waals surface area contributed by atoms with Gasteiger partial charge in [0, 0.05) is 31.4 Å². The number of morpholine rings is 1. The molecule has 0 saturated carbocycles. The summed E-state index contributed by atoms with van der Waals surface area (Å²) in [6.45, 7) is 6.76. The van der Waals surface area contributed by atoms with Gasteiger partial charge in [0.2, 0.25) is 5.91 Å². The molecular formula is C21H33IN4O2S. The Balaban J connectivity index is 0.00000300. The number of thioether (sulfide) groups is 1. The lowest BCUT2D eigenvalue weighted by Crippen LogP contribution is -2.44. The van der Waals surface area contributed by atoms with Crippen LogP contribution in [0.3, 0.4) is 0 Å². The van der Waals surface area contributed by atoms with Crippen molar-refractivity contribution in [3.63, 3.8) is 0 Å². The van der Waals surface area contributed by atoms with E-state index < -0.39 is 0 Å². The zero-order valence-corrected chi connectivity index (χ0v) is 20.3. The lowest BCUT2D eigenvalue weighted by atomic mass is 9.97. The van der Waals surface area contributed by atoms with Crippen LogP contribution in [0.15, 0.2) is 35.3 Å². The smallest absolute Gasteiger partial charge is 0.232 e. The van der Waals surface area contributed by atoms with Crippen molar-refractivity contribution in [2.75, 3.05) is 51.7 Å². The summed E-state index contributed by atoms with van der Waals surface area (Å²) in [5.74, 6) is 1.92. The number of aliphatic imine (C=N–C) groups is 1. The molecule has 0 spiro atoms. The number of nitrogens with one attached hydrogen (secondary N) is 2. The molecule has 2 saturated heterocycles. The van der Waals surface area contributed by atoms with E-state index in [1.165, 1.54) is 18.6 Å². The van der Waals surface area contributed by atoms with Gasteiger partial charge in [-0.25, -0.2) is 0 Å². The molecule has 0 bridgehead atoms. The molecule has 6 nitrogen and oxygen atoms in total. The maximum atomic E-state index is 13.2. The topological polar surface area (TPSA) is 66.0 Å². The Morgan fingerprint density at radius 2 is 2.03 bits per heavy atom. The van der Waals surface area contributed by atoms with Crippen molar-refractivity contribution >= 4 is 47.6 Å². The molecule has 8 heteroatoms. The Labute approximate surface area is 195 Å². The van der Waals surface area contributed by atoms with E-state index in [4.69, 9.17) is 9.73 Å². The van der Waals surface area contributed by atoms with Gasteiger partial charge in [0.15, 0.2) is 5.96 Å². The molecule has 0 radical (unpaired) electrons. The van der Waals surface area contributed by atoms with Gasteiger partial charge >= 0.3 is 0 Å². The minimum absolute atomic E-state index is 0. The first-order valence-corrected chi connectivity index (χ1v) is 11.4. The van der Waals surface area contributed by atoms with Gasteiger partial charge < -0.3 is 20.3 Å². The molecule has 29 heavy (non-hydrogen) atoms. The van der Waals surface area contributed by atoms with E-state index in [-0.39, 0.29) is 35.8 Å². The Kier molecular flexibility index (Phi) is 11.2. The predicted molar refractivity (Wildman–Crippen MR) is 131 cm³/mol. The monoisotopic (exact) mass is 532 g/mol. The van der Waals surface area contributed by atoms with E-state index in [2.05, 4.69) is 17.6 Å². The van der Waals surface area contributed by atoms with Crippen LogP contribution in [0, 0.1) is 0 Å². The number of halogens is 1. The Morgan fingerprint density at radius 3 is 2.69 bits per heavy atom. The van der Waals surface area contributed by atoms with E-state index in [0.717, 1.165) is 24.6 Å². The summed E-state index contributed by atoms with van der Waals surface area (Å²) in [4.78, 5) is 19.9. The number of carbonyl (C=O) groups excluding carboxylic acids is 1. The highest BCUT2D eigenvalue weighted by Crippen LogP contribution is 2.25. The number of ether oxygens (including phenoxy) is 1. The van der Waals surface area contributed by atoms with Crippen LogP contribution in [-0.4, -0.2) is 73.7 Å². The maximum Gasteiger partial charge on any atom is 0.232 e. The van der Waals surface area contributed by atoms with Crippen molar-refractivity contribution in [3.8, 4) is 0 Å². The molecule has 1 aromatic rings. The highest BCUT2D eigenvalue weighted by atomic mass is 127. The fraction of sp³-hybridized carbons (Fsp3) is 0.619. The molecule has 162 valence electrons. The average Bonchev–Trinajstić information content (AvgIpc) is 3.27. The SMILES string of the molecule is CCNC(=NCC(C(=O)N1CCOCC1)c1ccccc1)NCC1CCCS1.I. The number of hydrogen-bond donors (Lipinski definition) is 2. The fourth-order valence-electron chi connectivity index (χ4n) is 3.56. The number of benzene rings is 1. The summed E-state index contributed by atoms with van der Waals surface area (Å²) in [6, 6.07) is 9.99. The first kappa shape index (κ1) is 24.3. The first-order valence-electron chi connectivity index (χ1n) is 10.3. The van der Waals surface area contributed by atoms with Crippen LogP contribution < -0.4 is 10.6 Å². The molecule has 1 amide bonds. The Hall–Kier alpha value is -1.000. The van der Waals surface area contributed by atoms with Gasteiger partial charge in [-0.2, -0.15) is 11.8 Å². The minimum atomic E-state index is -0.268. The van der Waals surface area contributed by atoms with E-state index in [0.29, 0.717) is 38.1 Å². The third kappa shape index (κ3) is 7.64. The van der Waals surface area contributed by atoms with Crippen LogP contribution in [0.2, 0.25) is 0 Å². The van der Waals surface area contributed by atoms with E-state index in [1.54, 1.807) is 0 Å². The van der Waals surface area contributed by atoms with Gasteiger partial charge in [0.05, 0.1) is 25.7 Å². The van der Waals surface area contributed by atoms with E-state index >= 15 is 0 Å². The maximum absolute atomic E-state index is 13.2. The first-order chi connectivity index (χ1) is 13.8. The second kappa shape index (κ2) is 13.3. The number of rotatable bonds is 7. The summed E-state index contributed by atoms with van der Waals surface area (Å²) in [7, 11) is 0. The summed E-state index contributed by atoms with van der Waals surface area (Å²) < 4.78 is 5.40. The highest BCUT2D eigenvalue weighted by molar-refractivity contribution is 14.0. The van der Waals surface area contributed by atoms with Crippen molar-refractivity contribution in [2.24, 2.45) is 4.99 Å². The molecule has 2 fully saturated rings. The van der Waals surface area contributed by atoms with Crippen LogP contribution in [0.4, 0.5) is 0 Å². The number of carbonyl (C=O) groups is 1. The number of hydrogen-bond acceptors (Lipinski definition) is 4. The van der Waals surface area contributed by atoms with Crippen LogP contribution in [0.5, 0.6) is 0 Å². The quantitative estimate of drug-likeness (QED) is 0.321. The van der Waals surface area contributed by atoms with Crippen LogP contribution in [0.1, 0.15) is 31.2 Å². The van der Waals surface area contributed by atoms with E-state index in [9.17, 15) is 4.79 Å². The molecule has 0 aromatic heterocycles. The number of guanidine groups is 1. The van der Waals surface area contributed by atoms with Gasteiger partial charge in [0.25, 0.3) is 0 Å². The molecular weight excluding hydrogens is 499 g/mol. The third-order valence-corrected chi connectivity index (χ3v) is 6.52. The Bertz CT molecular complexity index is 635. The van der Waals surface area contributed by atoms with Crippen molar-refractivity contribution < 1.29 is 9.53 Å². The zero-order valence-electron chi connectivity index (χ0n) is 17.1. The van der Waals surface area contributed by atoms with Crippen molar-refractivity contribution in [3.05, 3.63) is 35.9 Å². The van der Waals surface area contributed by atoms with Crippen LogP contribution in [-0.2, 0) is 9.53 Å². The number of nitrogens with zero attached hydrogens (tertiary/aromatic N) is 2. The van der Waals surface area contributed by atoms with Crippen molar-refractivity contribution in [2.45, 2.75) is 30.9 Å². The van der Waals surface area contributed by atoms with Crippen LogP contribution in [0.25, 0.3) is 0 Å². The highest BCUT2D eigenvalue weighted by Gasteiger charge is 2.27. The fourth-order valence-corrected chi connectivity index (χ4v) is 4.76.